The summed E-state index contributed by atoms with van der Waals surface area (Å²) in [5, 5.41) is 0.872. The molecular formula is C20H17N3O2S. The highest BCUT2D eigenvalue weighted by molar-refractivity contribution is 7.18. The molecule has 1 aliphatic heterocycles. The smallest absolute Gasteiger partial charge is 0.259 e. The lowest BCUT2D eigenvalue weighted by atomic mass is 10.1. The summed E-state index contributed by atoms with van der Waals surface area (Å²) in [6.07, 6.45) is 0. The molecule has 1 aromatic heterocycles. The van der Waals surface area contributed by atoms with Gasteiger partial charge in [-0.3, -0.25) is 14.5 Å². The van der Waals surface area contributed by atoms with E-state index in [-0.39, 0.29) is 18.4 Å². The number of para-hydroxylation sites is 1. The molecule has 0 atom stereocenters. The van der Waals surface area contributed by atoms with E-state index in [1.807, 2.05) is 42.5 Å². The first-order valence-corrected chi connectivity index (χ1v) is 9.05. The van der Waals surface area contributed by atoms with Gasteiger partial charge in [0.05, 0.1) is 16.8 Å². The molecule has 3 aromatic rings. The Morgan fingerprint density at radius 1 is 1.15 bits per heavy atom. The molecule has 0 radical (unpaired) electrons. The number of carbonyl (C=O) groups is 2. The van der Waals surface area contributed by atoms with Gasteiger partial charge in [0, 0.05) is 23.9 Å². The first-order valence-electron chi connectivity index (χ1n) is 8.23. The minimum atomic E-state index is -0.174. The summed E-state index contributed by atoms with van der Waals surface area (Å²) in [6, 6.07) is 15.2. The van der Waals surface area contributed by atoms with Crippen LogP contribution in [0, 0.1) is 0 Å². The van der Waals surface area contributed by atoms with Gasteiger partial charge in [0.1, 0.15) is 11.6 Å². The van der Waals surface area contributed by atoms with E-state index in [1.54, 1.807) is 29.4 Å². The molecule has 2 amide bonds. The molecule has 0 saturated heterocycles. The van der Waals surface area contributed by atoms with Crippen molar-refractivity contribution in [3.8, 4) is 0 Å². The standard InChI is InChI=1S/C20H17N3O2S/c1-13-14-7-3-4-8-15(14)20(25)23(13)12-19(24)22(2)11-18-21-16-9-5-6-10-17(16)26-18/h3-10H,1,11-12H2,2H3. The molecule has 130 valence electrons. The zero-order valence-electron chi connectivity index (χ0n) is 14.3. The molecule has 0 aliphatic carbocycles. The second-order valence-electron chi connectivity index (χ2n) is 6.21. The van der Waals surface area contributed by atoms with Crippen molar-refractivity contribution in [2.75, 3.05) is 13.6 Å². The van der Waals surface area contributed by atoms with Crippen molar-refractivity contribution in [3.05, 3.63) is 71.2 Å². The van der Waals surface area contributed by atoms with E-state index in [9.17, 15) is 9.59 Å². The predicted octanol–water partition coefficient (Wildman–Crippen LogP) is 3.38. The minimum absolute atomic E-state index is 0.0201. The van der Waals surface area contributed by atoms with Gasteiger partial charge in [-0.15, -0.1) is 11.3 Å². The maximum atomic E-state index is 12.6. The van der Waals surface area contributed by atoms with Crippen LogP contribution in [0.15, 0.2) is 55.1 Å². The Kier molecular flexibility index (Phi) is 4.05. The number of rotatable bonds is 4. The van der Waals surface area contributed by atoms with Crippen LogP contribution in [0.3, 0.4) is 0 Å². The number of likely N-dealkylation sites (N-methyl/N-ethyl adjacent to an activating group) is 1. The van der Waals surface area contributed by atoms with Crippen LogP contribution in [0.5, 0.6) is 0 Å². The number of amides is 2. The van der Waals surface area contributed by atoms with Crippen LogP contribution >= 0.6 is 11.3 Å². The van der Waals surface area contributed by atoms with Gasteiger partial charge in [0.25, 0.3) is 5.91 Å². The molecule has 0 bridgehead atoms. The van der Waals surface area contributed by atoms with E-state index in [4.69, 9.17) is 0 Å². The highest BCUT2D eigenvalue weighted by Gasteiger charge is 2.32. The average Bonchev–Trinajstić information content (AvgIpc) is 3.16. The van der Waals surface area contributed by atoms with E-state index >= 15 is 0 Å². The molecule has 2 heterocycles. The molecule has 0 unspecified atom stereocenters. The van der Waals surface area contributed by atoms with Crippen molar-refractivity contribution in [1.82, 2.24) is 14.8 Å². The van der Waals surface area contributed by atoms with Crippen LogP contribution in [0.25, 0.3) is 15.9 Å². The molecule has 0 spiro atoms. The van der Waals surface area contributed by atoms with Gasteiger partial charge in [-0.25, -0.2) is 4.98 Å². The molecule has 26 heavy (non-hydrogen) atoms. The number of thiazole rings is 1. The first-order chi connectivity index (χ1) is 12.5. The molecule has 0 fully saturated rings. The molecule has 0 saturated carbocycles. The van der Waals surface area contributed by atoms with Crippen LogP contribution in [0.2, 0.25) is 0 Å². The van der Waals surface area contributed by atoms with Crippen molar-refractivity contribution in [1.29, 1.82) is 0 Å². The third-order valence-corrected chi connectivity index (χ3v) is 5.49. The Morgan fingerprint density at radius 3 is 2.58 bits per heavy atom. The van der Waals surface area contributed by atoms with Gasteiger partial charge < -0.3 is 4.90 Å². The van der Waals surface area contributed by atoms with Gasteiger partial charge in [-0.05, 0) is 18.2 Å². The van der Waals surface area contributed by atoms with Crippen LogP contribution in [-0.2, 0) is 11.3 Å². The highest BCUT2D eigenvalue weighted by atomic mass is 32.1. The quantitative estimate of drug-likeness (QED) is 0.714. The van der Waals surface area contributed by atoms with Crippen molar-refractivity contribution in [2.24, 2.45) is 0 Å². The lowest BCUT2D eigenvalue weighted by Crippen LogP contribution is -2.37. The monoisotopic (exact) mass is 363 g/mol. The van der Waals surface area contributed by atoms with E-state index in [1.165, 1.54) is 4.90 Å². The maximum absolute atomic E-state index is 12.6. The van der Waals surface area contributed by atoms with Gasteiger partial charge >= 0.3 is 0 Å². The first kappa shape index (κ1) is 16.5. The van der Waals surface area contributed by atoms with Crippen LogP contribution < -0.4 is 0 Å². The molecule has 1 aliphatic rings. The summed E-state index contributed by atoms with van der Waals surface area (Å²) < 4.78 is 1.10. The largest absolute Gasteiger partial charge is 0.337 e. The van der Waals surface area contributed by atoms with E-state index in [0.717, 1.165) is 20.8 Å². The number of benzene rings is 2. The summed E-state index contributed by atoms with van der Waals surface area (Å²) in [7, 11) is 1.73. The van der Waals surface area contributed by atoms with E-state index < -0.39 is 0 Å². The second-order valence-corrected chi connectivity index (χ2v) is 7.32. The van der Waals surface area contributed by atoms with Crippen molar-refractivity contribution in [2.45, 2.75) is 6.54 Å². The van der Waals surface area contributed by atoms with Crippen molar-refractivity contribution >= 4 is 39.1 Å². The number of hydrogen-bond donors (Lipinski definition) is 0. The molecule has 0 N–H and O–H groups in total. The Hall–Kier alpha value is -2.99. The lowest BCUT2D eigenvalue weighted by molar-refractivity contribution is -0.130. The number of fused-ring (bicyclic) bond motifs is 2. The fourth-order valence-electron chi connectivity index (χ4n) is 3.04. The highest BCUT2D eigenvalue weighted by Crippen LogP contribution is 2.31. The van der Waals surface area contributed by atoms with E-state index in [0.29, 0.717) is 17.8 Å². The minimum Gasteiger partial charge on any atom is -0.337 e. The number of nitrogens with zero attached hydrogens (tertiary/aromatic N) is 3. The SMILES string of the molecule is C=C1c2ccccc2C(=O)N1CC(=O)N(C)Cc1nc2ccccc2s1. The number of carbonyl (C=O) groups excluding carboxylic acids is 2. The normalized spacial score (nSPS) is 13.3. The van der Waals surface area contributed by atoms with Crippen LogP contribution in [-0.4, -0.2) is 40.2 Å². The molecule has 2 aromatic carbocycles. The topological polar surface area (TPSA) is 53.5 Å². The van der Waals surface area contributed by atoms with Gasteiger partial charge in [-0.2, -0.15) is 0 Å². The predicted molar refractivity (Wildman–Crippen MR) is 103 cm³/mol. The second kappa shape index (κ2) is 6.38. The zero-order valence-corrected chi connectivity index (χ0v) is 15.1. The van der Waals surface area contributed by atoms with Crippen molar-refractivity contribution in [3.63, 3.8) is 0 Å². The van der Waals surface area contributed by atoms with Crippen molar-refractivity contribution < 1.29 is 9.59 Å². The molecule has 6 heteroatoms. The lowest BCUT2D eigenvalue weighted by Gasteiger charge is -2.21. The summed E-state index contributed by atoms with van der Waals surface area (Å²) >= 11 is 1.57. The van der Waals surface area contributed by atoms with Crippen LogP contribution in [0.1, 0.15) is 20.9 Å². The summed E-state index contributed by atoms with van der Waals surface area (Å²) in [5.74, 6) is -0.320. The Bertz CT molecular complexity index is 972. The van der Waals surface area contributed by atoms with E-state index in [2.05, 4.69) is 11.6 Å². The van der Waals surface area contributed by atoms with Gasteiger partial charge in [0.15, 0.2) is 0 Å². The summed E-state index contributed by atoms with van der Waals surface area (Å²) in [6.45, 7) is 4.37. The maximum Gasteiger partial charge on any atom is 0.259 e. The summed E-state index contributed by atoms with van der Waals surface area (Å²) in [5.41, 5.74) is 2.90. The van der Waals surface area contributed by atoms with Gasteiger partial charge in [0.2, 0.25) is 5.91 Å². The fraction of sp³-hybridized carbons (Fsp3) is 0.150. The fourth-order valence-corrected chi connectivity index (χ4v) is 4.06. The number of hydrogen-bond acceptors (Lipinski definition) is 4. The summed E-state index contributed by atoms with van der Waals surface area (Å²) in [4.78, 5) is 32.8. The third-order valence-electron chi connectivity index (χ3n) is 4.47. The molecule has 5 nitrogen and oxygen atoms in total. The Labute approximate surface area is 155 Å². The average molecular weight is 363 g/mol. The number of aromatic nitrogens is 1. The molecule has 4 rings (SSSR count). The zero-order chi connectivity index (χ0) is 18.3. The third kappa shape index (κ3) is 2.78. The molecular weight excluding hydrogens is 346 g/mol. The Morgan fingerprint density at radius 2 is 1.85 bits per heavy atom. The van der Waals surface area contributed by atoms with Crippen LogP contribution in [0.4, 0.5) is 0 Å². The van der Waals surface area contributed by atoms with Gasteiger partial charge in [-0.1, -0.05) is 36.9 Å². The Balaban J connectivity index is 1.46.